The summed E-state index contributed by atoms with van der Waals surface area (Å²) < 4.78 is 8.63. The normalized spacial score (nSPS) is 10.8. The van der Waals surface area contributed by atoms with E-state index in [0.717, 1.165) is 15.5 Å². The average Bonchev–Trinajstić information content (AvgIpc) is 3.03. The van der Waals surface area contributed by atoms with E-state index in [1.54, 1.807) is 10.9 Å². The SMILES string of the molecule is Brc1ccc(Oc2ncnc3c2cnn3-c2ccccc2)cc1. The second-order valence-corrected chi connectivity index (χ2v) is 5.78. The van der Waals surface area contributed by atoms with Crippen molar-refractivity contribution in [1.29, 1.82) is 0 Å². The van der Waals surface area contributed by atoms with E-state index >= 15 is 0 Å². The van der Waals surface area contributed by atoms with E-state index in [4.69, 9.17) is 4.74 Å². The van der Waals surface area contributed by atoms with Gasteiger partial charge in [0.05, 0.1) is 11.9 Å². The number of benzene rings is 2. The van der Waals surface area contributed by atoms with Crippen LogP contribution in [0.5, 0.6) is 11.6 Å². The number of ether oxygens (including phenoxy) is 1. The summed E-state index contributed by atoms with van der Waals surface area (Å²) in [5.74, 6) is 1.19. The summed E-state index contributed by atoms with van der Waals surface area (Å²) >= 11 is 3.41. The van der Waals surface area contributed by atoms with Crippen LogP contribution in [0.2, 0.25) is 0 Å². The minimum Gasteiger partial charge on any atom is -0.438 e. The van der Waals surface area contributed by atoms with Crippen molar-refractivity contribution in [2.75, 3.05) is 0 Å². The molecule has 0 radical (unpaired) electrons. The number of halogens is 1. The van der Waals surface area contributed by atoms with Gasteiger partial charge in [-0.05, 0) is 36.4 Å². The fourth-order valence-electron chi connectivity index (χ4n) is 2.28. The molecule has 2 aromatic carbocycles. The molecule has 6 heteroatoms. The van der Waals surface area contributed by atoms with Crippen LogP contribution in [0.4, 0.5) is 0 Å². The van der Waals surface area contributed by atoms with Gasteiger partial charge in [0, 0.05) is 4.47 Å². The molecule has 0 aliphatic carbocycles. The van der Waals surface area contributed by atoms with Crippen molar-refractivity contribution in [3.63, 3.8) is 0 Å². The third-order valence-corrected chi connectivity index (χ3v) is 3.89. The van der Waals surface area contributed by atoms with Gasteiger partial charge >= 0.3 is 0 Å². The van der Waals surface area contributed by atoms with Gasteiger partial charge in [-0.2, -0.15) is 5.10 Å². The summed E-state index contributed by atoms with van der Waals surface area (Å²) in [6.45, 7) is 0. The van der Waals surface area contributed by atoms with Crippen LogP contribution in [0.3, 0.4) is 0 Å². The number of rotatable bonds is 3. The first kappa shape index (κ1) is 13.9. The standard InChI is InChI=1S/C17H11BrN4O/c18-12-6-8-14(9-7-12)23-17-15-10-21-22(16(15)19-11-20-17)13-4-2-1-3-5-13/h1-11H. The molecule has 112 valence electrons. The van der Waals surface area contributed by atoms with E-state index in [2.05, 4.69) is 31.0 Å². The van der Waals surface area contributed by atoms with E-state index in [9.17, 15) is 0 Å². The highest BCUT2D eigenvalue weighted by molar-refractivity contribution is 9.10. The molecule has 0 N–H and O–H groups in total. The van der Waals surface area contributed by atoms with Gasteiger partial charge in [0.2, 0.25) is 5.88 Å². The summed E-state index contributed by atoms with van der Waals surface area (Å²) in [5.41, 5.74) is 1.65. The van der Waals surface area contributed by atoms with E-state index < -0.39 is 0 Å². The third kappa shape index (κ3) is 2.68. The minimum atomic E-state index is 0.486. The predicted octanol–water partition coefficient (Wildman–Crippen LogP) is 4.37. The van der Waals surface area contributed by atoms with Gasteiger partial charge < -0.3 is 4.74 Å². The lowest BCUT2D eigenvalue weighted by Crippen LogP contribution is -1.97. The second-order valence-electron chi connectivity index (χ2n) is 4.86. The topological polar surface area (TPSA) is 52.8 Å². The molecule has 2 heterocycles. The van der Waals surface area contributed by atoms with E-state index in [1.807, 2.05) is 54.6 Å². The van der Waals surface area contributed by atoms with Crippen molar-refractivity contribution < 1.29 is 4.74 Å². The summed E-state index contributed by atoms with van der Waals surface area (Å²) in [7, 11) is 0. The zero-order chi connectivity index (χ0) is 15.6. The molecule has 2 aromatic heterocycles. The van der Waals surface area contributed by atoms with E-state index in [0.29, 0.717) is 17.3 Å². The first-order valence-corrected chi connectivity index (χ1v) is 7.78. The van der Waals surface area contributed by atoms with Crippen LogP contribution in [0.15, 0.2) is 71.6 Å². The van der Waals surface area contributed by atoms with Gasteiger partial charge in [0.25, 0.3) is 0 Å². The highest BCUT2D eigenvalue weighted by Gasteiger charge is 2.12. The van der Waals surface area contributed by atoms with Gasteiger partial charge in [-0.15, -0.1) is 0 Å². The first-order valence-electron chi connectivity index (χ1n) is 6.99. The molecule has 0 saturated carbocycles. The van der Waals surface area contributed by atoms with Crippen LogP contribution in [-0.4, -0.2) is 19.7 Å². The van der Waals surface area contributed by atoms with Crippen LogP contribution in [0, 0.1) is 0 Å². The Morgan fingerprint density at radius 3 is 2.48 bits per heavy atom. The quantitative estimate of drug-likeness (QED) is 0.540. The Bertz CT molecular complexity index is 951. The van der Waals surface area contributed by atoms with Gasteiger partial charge in [-0.25, -0.2) is 14.6 Å². The van der Waals surface area contributed by atoms with Crippen LogP contribution < -0.4 is 4.74 Å². The molecule has 0 aliphatic heterocycles. The number of hydrogen-bond acceptors (Lipinski definition) is 4. The molecule has 0 atom stereocenters. The van der Waals surface area contributed by atoms with Crippen LogP contribution in [0.1, 0.15) is 0 Å². The molecule has 23 heavy (non-hydrogen) atoms. The molecule has 4 aromatic rings. The van der Waals surface area contributed by atoms with Crippen molar-refractivity contribution in [2.45, 2.75) is 0 Å². The minimum absolute atomic E-state index is 0.486. The van der Waals surface area contributed by atoms with Crippen molar-refractivity contribution in [1.82, 2.24) is 19.7 Å². The molecular formula is C17H11BrN4O. The Morgan fingerprint density at radius 1 is 0.913 bits per heavy atom. The molecule has 0 saturated heterocycles. The number of para-hydroxylation sites is 1. The van der Waals surface area contributed by atoms with Crippen molar-refractivity contribution in [3.05, 3.63) is 71.6 Å². The smallest absolute Gasteiger partial charge is 0.233 e. The zero-order valence-corrected chi connectivity index (χ0v) is 13.5. The Labute approximate surface area is 140 Å². The molecule has 0 bridgehead atoms. The van der Waals surface area contributed by atoms with Gasteiger partial charge in [-0.3, -0.25) is 0 Å². The molecular weight excluding hydrogens is 356 g/mol. The van der Waals surface area contributed by atoms with Gasteiger partial charge in [-0.1, -0.05) is 34.1 Å². The van der Waals surface area contributed by atoms with E-state index in [1.165, 1.54) is 6.33 Å². The van der Waals surface area contributed by atoms with E-state index in [-0.39, 0.29) is 0 Å². The van der Waals surface area contributed by atoms with Gasteiger partial charge in [0.15, 0.2) is 5.65 Å². The fourth-order valence-corrected chi connectivity index (χ4v) is 2.54. The summed E-state index contributed by atoms with van der Waals surface area (Å²) in [5, 5.41) is 5.17. The lowest BCUT2D eigenvalue weighted by Gasteiger charge is -2.06. The molecule has 0 unspecified atom stereocenters. The average molecular weight is 367 g/mol. The maximum absolute atomic E-state index is 5.87. The molecule has 4 rings (SSSR count). The Balaban J connectivity index is 1.77. The summed E-state index contributed by atoms with van der Waals surface area (Å²) in [6.07, 6.45) is 3.20. The summed E-state index contributed by atoms with van der Waals surface area (Å²) in [6, 6.07) is 17.4. The number of aromatic nitrogens is 4. The van der Waals surface area contributed by atoms with Gasteiger partial charge in [0.1, 0.15) is 17.5 Å². The monoisotopic (exact) mass is 366 g/mol. The van der Waals surface area contributed by atoms with Crippen LogP contribution in [-0.2, 0) is 0 Å². The maximum Gasteiger partial charge on any atom is 0.233 e. The fraction of sp³-hybridized carbons (Fsp3) is 0. The number of fused-ring (bicyclic) bond motifs is 1. The number of nitrogens with zero attached hydrogens (tertiary/aromatic N) is 4. The molecule has 0 aliphatic rings. The first-order chi connectivity index (χ1) is 11.3. The molecule has 0 fully saturated rings. The largest absolute Gasteiger partial charge is 0.438 e. The zero-order valence-electron chi connectivity index (χ0n) is 11.9. The lowest BCUT2D eigenvalue weighted by atomic mass is 10.3. The third-order valence-electron chi connectivity index (χ3n) is 3.36. The highest BCUT2D eigenvalue weighted by atomic mass is 79.9. The lowest BCUT2D eigenvalue weighted by molar-refractivity contribution is 0.468. The number of hydrogen-bond donors (Lipinski definition) is 0. The molecule has 0 amide bonds. The second kappa shape index (κ2) is 5.81. The van der Waals surface area contributed by atoms with Crippen molar-refractivity contribution >= 4 is 27.0 Å². The highest BCUT2D eigenvalue weighted by Crippen LogP contribution is 2.28. The van der Waals surface area contributed by atoms with Crippen molar-refractivity contribution in [3.8, 4) is 17.3 Å². The summed E-state index contributed by atoms with van der Waals surface area (Å²) in [4.78, 5) is 8.57. The van der Waals surface area contributed by atoms with Crippen LogP contribution in [0.25, 0.3) is 16.7 Å². The maximum atomic E-state index is 5.87. The Hall–Kier alpha value is -2.73. The predicted molar refractivity (Wildman–Crippen MR) is 90.9 cm³/mol. The van der Waals surface area contributed by atoms with Crippen molar-refractivity contribution in [2.24, 2.45) is 0 Å². The molecule has 5 nitrogen and oxygen atoms in total. The Kier molecular flexibility index (Phi) is 3.51. The van der Waals surface area contributed by atoms with Crippen LogP contribution >= 0.6 is 15.9 Å². The molecule has 0 spiro atoms. The Morgan fingerprint density at radius 2 is 1.70 bits per heavy atom.